The Labute approximate surface area is 72.3 Å². The Bertz CT molecular complexity index is 181. The number of hydrogen-bond acceptors (Lipinski definition) is 2. The zero-order valence-electron chi connectivity index (χ0n) is 7.21. The van der Waals surface area contributed by atoms with Crippen LogP contribution in [-0.4, -0.2) is 11.7 Å². The van der Waals surface area contributed by atoms with E-state index in [1.807, 2.05) is 0 Å². The lowest BCUT2D eigenvalue weighted by Gasteiger charge is -2.08. The van der Waals surface area contributed by atoms with Crippen LogP contribution in [0.3, 0.4) is 0 Å². The zero-order chi connectivity index (χ0) is 8.97. The van der Waals surface area contributed by atoms with Crippen LogP contribution in [0.2, 0.25) is 0 Å². The van der Waals surface area contributed by atoms with Crippen LogP contribution in [0.1, 0.15) is 38.5 Å². The van der Waals surface area contributed by atoms with Gasteiger partial charge in [-0.15, -0.1) is 0 Å². The molecule has 0 bridgehead atoms. The van der Waals surface area contributed by atoms with Crippen LogP contribution >= 0.6 is 0 Å². The van der Waals surface area contributed by atoms with Gasteiger partial charge in [0.2, 0.25) is 5.78 Å². The van der Waals surface area contributed by atoms with Gasteiger partial charge in [-0.1, -0.05) is 25.7 Å². The number of carbonyl (C=O) groups excluding carboxylic acids is 2. The highest BCUT2D eigenvalue weighted by atomic mass is 16.2. The maximum Gasteiger partial charge on any atom is 0.285 e. The Hall–Kier alpha value is -0.860. The molecule has 3 nitrogen and oxygen atoms in total. The molecule has 68 valence electrons. The third-order valence-corrected chi connectivity index (χ3v) is 2.47. The fourth-order valence-electron chi connectivity index (χ4n) is 1.74. The number of hydrogen-bond donors (Lipinski definition) is 1. The summed E-state index contributed by atoms with van der Waals surface area (Å²) in [7, 11) is 0. The van der Waals surface area contributed by atoms with E-state index in [0.717, 1.165) is 25.7 Å². The average Bonchev–Trinajstić information content (AvgIpc) is 2.30. The molecule has 0 aliphatic heterocycles. The van der Waals surface area contributed by atoms with Crippen LogP contribution in [-0.2, 0) is 9.59 Å². The lowest BCUT2D eigenvalue weighted by Crippen LogP contribution is -2.29. The first kappa shape index (κ1) is 9.23. The molecule has 1 fully saturated rings. The standard InChI is InChI=1S/C9H15NO2/c10-9(12)8(11)7-5-3-1-2-4-6-7/h7H,1-6H2,(H2,10,12). The van der Waals surface area contributed by atoms with Crippen LogP contribution in [0, 0.1) is 5.92 Å². The lowest BCUT2D eigenvalue weighted by molar-refractivity contribution is -0.138. The lowest BCUT2D eigenvalue weighted by atomic mass is 9.95. The van der Waals surface area contributed by atoms with Crippen LogP contribution in [0.15, 0.2) is 0 Å². The molecule has 0 saturated heterocycles. The summed E-state index contributed by atoms with van der Waals surface area (Å²) in [6.45, 7) is 0. The van der Waals surface area contributed by atoms with Gasteiger partial charge in [-0.25, -0.2) is 0 Å². The molecule has 0 aromatic carbocycles. The topological polar surface area (TPSA) is 60.2 Å². The first-order valence-electron chi connectivity index (χ1n) is 4.55. The summed E-state index contributed by atoms with van der Waals surface area (Å²) < 4.78 is 0. The van der Waals surface area contributed by atoms with Crippen molar-refractivity contribution in [2.24, 2.45) is 11.7 Å². The van der Waals surface area contributed by atoms with Gasteiger partial charge in [-0.05, 0) is 12.8 Å². The van der Waals surface area contributed by atoms with Gasteiger partial charge in [0.15, 0.2) is 0 Å². The number of primary amides is 1. The van der Waals surface area contributed by atoms with E-state index in [4.69, 9.17) is 5.73 Å². The monoisotopic (exact) mass is 169 g/mol. The number of nitrogens with two attached hydrogens (primary N) is 1. The number of rotatable bonds is 2. The molecular weight excluding hydrogens is 154 g/mol. The third kappa shape index (κ3) is 2.32. The maximum atomic E-state index is 11.2. The van der Waals surface area contributed by atoms with E-state index in [0.29, 0.717) is 0 Å². The summed E-state index contributed by atoms with van der Waals surface area (Å²) in [5, 5.41) is 0. The largest absolute Gasteiger partial charge is 0.363 e. The molecule has 0 radical (unpaired) electrons. The van der Waals surface area contributed by atoms with Crippen molar-refractivity contribution < 1.29 is 9.59 Å². The van der Waals surface area contributed by atoms with Crippen LogP contribution < -0.4 is 5.73 Å². The minimum absolute atomic E-state index is 0.0787. The minimum Gasteiger partial charge on any atom is -0.363 e. The van der Waals surface area contributed by atoms with Crippen molar-refractivity contribution in [1.29, 1.82) is 0 Å². The molecule has 1 aliphatic carbocycles. The number of Topliss-reactive ketones (excluding diaryl/α,β-unsaturated/α-hetero) is 1. The van der Waals surface area contributed by atoms with Crippen molar-refractivity contribution >= 4 is 11.7 Å². The molecule has 1 rings (SSSR count). The molecule has 2 N–H and O–H groups in total. The van der Waals surface area contributed by atoms with Gasteiger partial charge in [0, 0.05) is 5.92 Å². The van der Waals surface area contributed by atoms with Gasteiger partial charge < -0.3 is 5.73 Å². The molecule has 0 aromatic rings. The van der Waals surface area contributed by atoms with Crippen LogP contribution in [0.4, 0.5) is 0 Å². The van der Waals surface area contributed by atoms with E-state index < -0.39 is 5.91 Å². The second-order valence-electron chi connectivity index (χ2n) is 3.42. The molecule has 1 saturated carbocycles. The third-order valence-electron chi connectivity index (χ3n) is 2.47. The highest BCUT2D eigenvalue weighted by Gasteiger charge is 2.23. The summed E-state index contributed by atoms with van der Waals surface area (Å²) in [6.07, 6.45) is 6.18. The van der Waals surface area contributed by atoms with E-state index in [2.05, 4.69) is 0 Å². The maximum absolute atomic E-state index is 11.2. The molecule has 0 unspecified atom stereocenters. The molecule has 0 atom stereocenters. The smallest absolute Gasteiger partial charge is 0.285 e. The Morgan fingerprint density at radius 3 is 1.92 bits per heavy atom. The van der Waals surface area contributed by atoms with Gasteiger partial charge in [-0.3, -0.25) is 9.59 Å². The molecule has 0 heterocycles. The van der Waals surface area contributed by atoms with Crippen molar-refractivity contribution in [2.45, 2.75) is 38.5 Å². The van der Waals surface area contributed by atoms with Gasteiger partial charge in [0.1, 0.15) is 0 Å². The SMILES string of the molecule is NC(=O)C(=O)C1CCCCCC1. The van der Waals surface area contributed by atoms with E-state index >= 15 is 0 Å². The van der Waals surface area contributed by atoms with Crippen molar-refractivity contribution in [1.82, 2.24) is 0 Å². The quantitative estimate of drug-likeness (QED) is 0.495. The number of amides is 1. The predicted octanol–water partition coefficient (Wildman–Crippen LogP) is 1.01. The van der Waals surface area contributed by atoms with E-state index in [-0.39, 0.29) is 11.7 Å². The first-order valence-corrected chi connectivity index (χ1v) is 4.55. The molecule has 1 amide bonds. The van der Waals surface area contributed by atoms with Gasteiger partial charge in [0.25, 0.3) is 5.91 Å². The molecule has 1 aliphatic rings. The fourth-order valence-corrected chi connectivity index (χ4v) is 1.74. The first-order chi connectivity index (χ1) is 5.72. The molecule has 0 aromatic heterocycles. The molecule has 12 heavy (non-hydrogen) atoms. The van der Waals surface area contributed by atoms with Crippen molar-refractivity contribution in [3.8, 4) is 0 Å². The Balaban J connectivity index is 2.48. The highest BCUT2D eigenvalue weighted by molar-refractivity contribution is 6.36. The van der Waals surface area contributed by atoms with Gasteiger partial charge in [-0.2, -0.15) is 0 Å². The average molecular weight is 169 g/mol. The number of carbonyl (C=O) groups is 2. The Morgan fingerprint density at radius 2 is 1.50 bits per heavy atom. The summed E-state index contributed by atoms with van der Waals surface area (Å²) in [6, 6.07) is 0. The highest BCUT2D eigenvalue weighted by Crippen LogP contribution is 2.23. The fraction of sp³-hybridized carbons (Fsp3) is 0.778. The molecular formula is C9H15NO2. The van der Waals surface area contributed by atoms with E-state index in [1.54, 1.807) is 0 Å². The Morgan fingerprint density at radius 1 is 1.00 bits per heavy atom. The van der Waals surface area contributed by atoms with Gasteiger partial charge >= 0.3 is 0 Å². The van der Waals surface area contributed by atoms with Crippen molar-refractivity contribution in [2.75, 3.05) is 0 Å². The molecule has 3 heteroatoms. The van der Waals surface area contributed by atoms with E-state index in [9.17, 15) is 9.59 Å². The van der Waals surface area contributed by atoms with Gasteiger partial charge in [0.05, 0.1) is 0 Å². The van der Waals surface area contributed by atoms with Crippen molar-refractivity contribution in [3.63, 3.8) is 0 Å². The van der Waals surface area contributed by atoms with Crippen molar-refractivity contribution in [3.05, 3.63) is 0 Å². The second-order valence-corrected chi connectivity index (χ2v) is 3.42. The predicted molar refractivity (Wildman–Crippen MR) is 45.4 cm³/mol. The van der Waals surface area contributed by atoms with Crippen LogP contribution in [0.5, 0.6) is 0 Å². The minimum atomic E-state index is -0.762. The molecule has 0 spiro atoms. The normalized spacial score (nSPS) is 20.0. The summed E-state index contributed by atoms with van der Waals surface area (Å²) in [5.74, 6) is -1.20. The van der Waals surface area contributed by atoms with Crippen LogP contribution in [0.25, 0.3) is 0 Å². The zero-order valence-corrected chi connectivity index (χ0v) is 7.21. The summed E-state index contributed by atoms with van der Waals surface area (Å²) in [4.78, 5) is 21.8. The van der Waals surface area contributed by atoms with E-state index in [1.165, 1.54) is 12.8 Å². The Kier molecular flexibility index (Phi) is 3.26. The summed E-state index contributed by atoms with van der Waals surface area (Å²) in [5.41, 5.74) is 4.93. The summed E-state index contributed by atoms with van der Waals surface area (Å²) >= 11 is 0. The number of ketones is 1. The second kappa shape index (κ2) is 4.24.